The van der Waals surface area contributed by atoms with Crippen LogP contribution in [0.5, 0.6) is 5.75 Å². The molecule has 1 aromatic carbocycles. The van der Waals surface area contributed by atoms with Gasteiger partial charge in [0.1, 0.15) is 10.9 Å². The first-order chi connectivity index (χ1) is 13.8. The molecule has 0 aliphatic heterocycles. The summed E-state index contributed by atoms with van der Waals surface area (Å²) in [6.45, 7) is 6.14. The molecule has 1 aromatic heterocycles. The van der Waals surface area contributed by atoms with Gasteiger partial charge < -0.3 is 14.8 Å². The number of rotatable bonds is 9. The predicted molar refractivity (Wildman–Crippen MR) is 113 cm³/mol. The molecule has 2 aromatic rings. The zero-order valence-corrected chi connectivity index (χ0v) is 17.8. The molecule has 0 aliphatic rings. The highest BCUT2D eigenvalue weighted by atomic mass is 35.5. The standard InChI is InChI=1S/C21H26ClN3O4/c1-5-6-13-25-20(22)18(14(2)24-25)11-12-19(26)29-15(3)21(27)23-16-7-9-17(28-4)10-8-16/h7-12,15H,5-6,13H2,1-4H3,(H,23,27)/b12-11+/t15-/m0/s1. The van der Waals surface area contributed by atoms with E-state index in [0.29, 0.717) is 22.2 Å². The minimum atomic E-state index is -0.960. The van der Waals surface area contributed by atoms with Crippen molar-refractivity contribution in [3.05, 3.63) is 46.8 Å². The van der Waals surface area contributed by atoms with Crippen LogP contribution in [0, 0.1) is 6.92 Å². The van der Waals surface area contributed by atoms with Crippen LogP contribution in [0.1, 0.15) is 37.9 Å². The van der Waals surface area contributed by atoms with Gasteiger partial charge in [-0.2, -0.15) is 5.10 Å². The van der Waals surface area contributed by atoms with Gasteiger partial charge in [-0.1, -0.05) is 24.9 Å². The molecule has 1 heterocycles. The fourth-order valence-corrected chi connectivity index (χ4v) is 2.87. The van der Waals surface area contributed by atoms with E-state index in [2.05, 4.69) is 17.3 Å². The van der Waals surface area contributed by atoms with Crippen molar-refractivity contribution in [1.82, 2.24) is 9.78 Å². The van der Waals surface area contributed by atoms with Crippen molar-refractivity contribution < 1.29 is 19.1 Å². The molecule has 156 valence electrons. The van der Waals surface area contributed by atoms with Gasteiger partial charge >= 0.3 is 5.97 Å². The molecule has 0 radical (unpaired) electrons. The van der Waals surface area contributed by atoms with Crippen molar-refractivity contribution >= 4 is 35.2 Å². The molecule has 1 atom stereocenters. The Bertz CT molecular complexity index is 875. The van der Waals surface area contributed by atoms with Gasteiger partial charge in [0.25, 0.3) is 5.91 Å². The summed E-state index contributed by atoms with van der Waals surface area (Å²) in [5.41, 5.74) is 1.96. The number of unbranched alkanes of at least 4 members (excludes halogenated alkanes) is 1. The molecule has 7 nitrogen and oxygen atoms in total. The van der Waals surface area contributed by atoms with Gasteiger partial charge in [-0.05, 0) is 50.6 Å². The summed E-state index contributed by atoms with van der Waals surface area (Å²) in [7, 11) is 1.56. The maximum absolute atomic E-state index is 12.2. The Morgan fingerprint density at radius 3 is 2.62 bits per heavy atom. The van der Waals surface area contributed by atoms with Gasteiger partial charge in [0.15, 0.2) is 6.10 Å². The van der Waals surface area contributed by atoms with Gasteiger partial charge in [-0.15, -0.1) is 0 Å². The monoisotopic (exact) mass is 419 g/mol. The number of nitrogens with one attached hydrogen (secondary N) is 1. The number of methoxy groups -OCH3 is 1. The largest absolute Gasteiger partial charge is 0.497 e. The predicted octanol–water partition coefficient (Wildman–Crippen LogP) is 4.24. The van der Waals surface area contributed by atoms with Crippen LogP contribution in [0.3, 0.4) is 0 Å². The Kier molecular flexibility index (Phi) is 8.27. The molecular formula is C21H26ClN3O4. The first-order valence-corrected chi connectivity index (χ1v) is 9.80. The molecule has 0 bridgehead atoms. The van der Waals surface area contributed by atoms with Gasteiger partial charge in [-0.25, -0.2) is 4.79 Å². The number of carbonyl (C=O) groups excluding carboxylic acids is 2. The molecular weight excluding hydrogens is 394 g/mol. The van der Waals surface area contributed by atoms with E-state index in [9.17, 15) is 9.59 Å². The number of esters is 1. The fraction of sp³-hybridized carbons (Fsp3) is 0.381. The average molecular weight is 420 g/mol. The third kappa shape index (κ3) is 6.35. The Morgan fingerprint density at radius 2 is 2.00 bits per heavy atom. The normalized spacial score (nSPS) is 12.0. The first kappa shape index (κ1) is 22.5. The lowest BCUT2D eigenvalue weighted by molar-refractivity contribution is -0.148. The Labute approximate surface area is 175 Å². The molecule has 8 heteroatoms. The topological polar surface area (TPSA) is 82.5 Å². The SMILES string of the molecule is CCCCn1nc(C)c(/C=C/C(=O)O[C@@H](C)C(=O)Nc2ccc(OC)cc2)c1Cl. The maximum atomic E-state index is 12.2. The fourth-order valence-electron chi connectivity index (χ4n) is 2.55. The van der Waals surface area contributed by atoms with Crippen molar-refractivity contribution in [3.63, 3.8) is 0 Å². The summed E-state index contributed by atoms with van der Waals surface area (Å²) >= 11 is 6.34. The second-order valence-corrected chi connectivity index (χ2v) is 6.85. The maximum Gasteiger partial charge on any atom is 0.331 e. The number of hydrogen-bond acceptors (Lipinski definition) is 5. The minimum Gasteiger partial charge on any atom is -0.497 e. The summed E-state index contributed by atoms with van der Waals surface area (Å²) in [5.74, 6) is -0.391. The van der Waals surface area contributed by atoms with Crippen LogP contribution < -0.4 is 10.1 Å². The van der Waals surface area contributed by atoms with E-state index in [1.165, 1.54) is 13.0 Å². The number of amides is 1. The van der Waals surface area contributed by atoms with E-state index in [1.807, 2.05) is 6.92 Å². The van der Waals surface area contributed by atoms with E-state index in [1.54, 1.807) is 42.1 Å². The van der Waals surface area contributed by atoms with E-state index in [4.69, 9.17) is 21.1 Å². The zero-order valence-electron chi connectivity index (χ0n) is 17.1. The van der Waals surface area contributed by atoms with Crippen LogP contribution in [0.15, 0.2) is 30.3 Å². The highest BCUT2D eigenvalue weighted by Crippen LogP contribution is 2.22. The van der Waals surface area contributed by atoms with Crippen LogP contribution in [0.4, 0.5) is 5.69 Å². The highest BCUT2D eigenvalue weighted by molar-refractivity contribution is 6.31. The number of aryl methyl sites for hydroxylation is 2. The molecule has 0 saturated heterocycles. The van der Waals surface area contributed by atoms with Gasteiger partial charge in [0.05, 0.1) is 12.8 Å². The summed E-state index contributed by atoms with van der Waals surface area (Å²) in [6.07, 6.45) is 3.84. The second-order valence-electron chi connectivity index (χ2n) is 6.50. The first-order valence-electron chi connectivity index (χ1n) is 9.42. The van der Waals surface area contributed by atoms with E-state index in [-0.39, 0.29) is 0 Å². The average Bonchev–Trinajstić information content (AvgIpc) is 2.98. The van der Waals surface area contributed by atoms with Crippen molar-refractivity contribution in [2.45, 2.75) is 46.3 Å². The number of benzene rings is 1. The number of aromatic nitrogens is 2. The van der Waals surface area contributed by atoms with Gasteiger partial charge in [-0.3, -0.25) is 9.48 Å². The lowest BCUT2D eigenvalue weighted by Gasteiger charge is -2.12. The van der Waals surface area contributed by atoms with E-state index >= 15 is 0 Å². The number of halogens is 1. The van der Waals surface area contributed by atoms with Crippen LogP contribution in [0.25, 0.3) is 6.08 Å². The lowest BCUT2D eigenvalue weighted by atomic mass is 10.2. The molecule has 0 spiro atoms. The summed E-state index contributed by atoms with van der Waals surface area (Å²) < 4.78 is 12.0. The summed E-state index contributed by atoms with van der Waals surface area (Å²) in [4.78, 5) is 24.3. The van der Waals surface area contributed by atoms with Crippen molar-refractivity contribution in [2.24, 2.45) is 0 Å². The number of hydrogen-bond donors (Lipinski definition) is 1. The zero-order chi connectivity index (χ0) is 21.4. The van der Waals surface area contributed by atoms with Crippen LogP contribution >= 0.6 is 11.6 Å². The number of ether oxygens (including phenoxy) is 2. The van der Waals surface area contributed by atoms with Gasteiger partial charge in [0.2, 0.25) is 0 Å². The minimum absolute atomic E-state index is 0.432. The quantitative estimate of drug-likeness (QED) is 0.485. The summed E-state index contributed by atoms with van der Waals surface area (Å²) in [6, 6.07) is 6.85. The number of nitrogens with zero attached hydrogens (tertiary/aromatic N) is 2. The molecule has 1 amide bonds. The lowest BCUT2D eigenvalue weighted by Crippen LogP contribution is -2.29. The van der Waals surface area contributed by atoms with Crippen molar-refractivity contribution in [3.8, 4) is 5.75 Å². The number of carbonyl (C=O) groups is 2. The molecule has 2 rings (SSSR count). The summed E-state index contributed by atoms with van der Waals surface area (Å²) in [5, 5.41) is 7.54. The van der Waals surface area contributed by atoms with Gasteiger partial charge in [0, 0.05) is 23.9 Å². The third-order valence-corrected chi connectivity index (χ3v) is 4.64. The van der Waals surface area contributed by atoms with Crippen molar-refractivity contribution in [2.75, 3.05) is 12.4 Å². The molecule has 0 saturated carbocycles. The molecule has 0 unspecified atom stereocenters. The Hall–Kier alpha value is -2.80. The molecule has 0 aliphatic carbocycles. The van der Waals surface area contributed by atoms with Crippen molar-refractivity contribution in [1.29, 1.82) is 0 Å². The molecule has 1 N–H and O–H groups in total. The molecule has 29 heavy (non-hydrogen) atoms. The second kappa shape index (κ2) is 10.7. The van der Waals surface area contributed by atoms with Crippen LogP contribution in [-0.2, 0) is 20.9 Å². The van der Waals surface area contributed by atoms with Crippen LogP contribution in [0.2, 0.25) is 5.15 Å². The number of anilines is 1. The van der Waals surface area contributed by atoms with E-state index < -0.39 is 18.0 Å². The highest BCUT2D eigenvalue weighted by Gasteiger charge is 2.17. The smallest absolute Gasteiger partial charge is 0.331 e. The molecule has 0 fully saturated rings. The van der Waals surface area contributed by atoms with E-state index in [0.717, 1.165) is 25.1 Å². The van der Waals surface area contributed by atoms with Crippen LogP contribution in [-0.4, -0.2) is 34.9 Å². The Balaban J connectivity index is 1.93. The third-order valence-electron chi connectivity index (χ3n) is 4.24. The Morgan fingerprint density at radius 1 is 1.31 bits per heavy atom.